The number of furan rings is 1. The number of rotatable bonds is 9. The van der Waals surface area contributed by atoms with Gasteiger partial charge in [0.1, 0.15) is 17.1 Å². The summed E-state index contributed by atoms with van der Waals surface area (Å²) in [7, 11) is -3.39. The summed E-state index contributed by atoms with van der Waals surface area (Å²) in [6.07, 6.45) is 1.53. The van der Waals surface area contributed by atoms with Gasteiger partial charge in [-0.05, 0) is 30.2 Å². The summed E-state index contributed by atoms with van der Waals surface area (Å²) in [4.78, 5) is 18.5. The molecule has 0 aliphatic heterocycles. The number of benzene rings is 2. The van der Waals surface area contributed by atoms with Crippen molar-refractivity contribution in [1.82, 2.24) is 4.98 Å². The number of hydrogen-bond donors (Lipinski definition) is 0. The van der Waals surface area contributed by atoms with Crippen LogP contribution in [-0.4, -0.2) is 25.1 Å². The van der Waals surface area contributed by atoms with Crippen LogP contribution in [0.2, 0.25) is 0 Å². The summed E-state index contributed by atoms with van der Waals surface area (Å²) >= 11 is 0.979. The van der Waals surface area contributed by atoms with Crippen LogP contribution in [0.5, 0.6) is 0 Å². The number of fused-ring (bicyclic) bond motifs is 1. The smallest absolute Gasteiger partial charge is 0.229 e. The first-order chi connectivity index (χ1) is 15.8. The third-order valence-electron chi connectivity index (χ3n) is 4.90. The van der Waals surface area contributed by atoms with Crippen LogP contribution in [-0.2, 0) is 26.9 Å². The molecule has 0 aliphatic rings. The monoisotopic (exact) mass is 490 g/mol. The van der Waals surface area contributed by atoms with Gasteiger partial charge >= 0.3 is 0 Å². The van der Waals surface area contributed by atoms with Gasteiger partial charge in [0.05, 0.1) is 29.0 Å². The molecule has 0 spiro atoms. The average molecular weight is 491 g/mol. The molecule has 0 radical (unpaired) electrons. The number of anilines is 1. The van der Waals surface area contributed by atoms with Crippen molar-refractivity contribution in [3.63, 3.8) is 0 Å². The molecule has 172 valence electrons. The summed E-state index contributed by atoms with van der Waals surface area (Å²) in [6.45, 7) is 0.0342. The van der Waals surface area contributed by atoms with Crippen LogP contribution in [0.4, 0.5) is 13.9 Å². The highest BCUT2D eigenvalue weighted by atomic mass is 32.2. The molecule has 0 unspecified atom stereocenters. The lowest BCUT2D eigenvalue weighted by molar-refractivity contribution is -0.118. The average Bonchev–Trinajstić information content (AvgIpc) is 3.42. The minimum absolute atomic E-state index is 0.0286. The lowest BCUT2D eigenvalue weighted by Gasteiger charge is -2.18. The van der Waals surface area contributed by atoms with Crippen LogP contribution in [0.1, 0.15) is 24.2 Å². The summed E-state index contributed by atoms with van der Waals surface area (Å²) in [5.41, 5.74) is 0.658. The Labute approximate surface area is 193 Å². The van der Waals surface area contributed by atoms with Gasteiger partial charge in [-0.3, -0.25) is 9.69 Å². The Morgan fingerprint density at radius 2 is 1.88 bits per heavy atom. The molecule has 0 saturated carbocycles. The molecule has 4 rings (SSSR count). The van der Waals surface area contributed by atoms with E-state index in [0.29, 0.717) is 11.3 Å². The second kappa shape index (κ2) is 9.80. The third-order valence-corrected chi connectivity index (χ3v) is 7.61. The molecule has 0 N–H and O–H groups in total. The first-order valence-electron chi connectivity index (χ1n) is 10.1. The fraction of sp³-hybridized carbons (Fsp3) is 0.217. The molecule has 0 bridgehead atoms. The zero-order chi connectivity index (χ0) is 23.4. The number of amides is 1. The molecule has 0 fully saturated rings. The van der Waals surface area contributed by atoms with E-state index in [4.69, 9.17) is 4.42 Å². The number of halogens is 2. The second-order valence-electron chi connectivity index (χ2n) is 7.47. The minimum atomic E-state index is -3.39. The van der Waals surface area contributed by atoms with E-state index < -0.39 is 21.5 Å². The van der Waals surface area contributed by atoms with E-state index in [1.54, 1.807) is 36.4 Å². The number of sulfone groups is 1. The topological polar surface area (TPSA) is 80.5 Å². The van der Waals surface area contributed by atoms with Crippen LogP contribution in [0.25, 0.3) is 10.2 Å². The zero-order valence-corrected chi connectivity index (χ0v) is 19.0. The molecule has 0 atom stereocenters. The lowest BCUT2D eigenvalue weighted by atomic mass is 10.2. The Kier molecular flexibility index (Phi) is 6.85. The van der Waals surface area contributed by atoms with Crippen LogP contribution in [0.15, 0.2) is 65.3 Å². The Morgan fingerprint density at radius 1 is 1.09 bits per heavy atom. The largest absolute Gasteiger partial charge is 0.467 e. The van der Waals surface area contributed by atoms with Gasteiger partial charge in [-0.25, -0.2) is 22.2 Å². The van der Waals surface area contributed by atoms with Crippen molar-refractivity contribution < 1.29 is 26.4 Å². The van der Waals surface area contributed by atoms with E-state index >= 15 is 0 Å². The van der Waals surface area contributed by atoms with Crippen molar-refractivity contribution in [2.45, 2.75) is 25.1 Å². The minimum Gasteiger partial charge on any atom is -0.467 e. The van der Waals surface area contributed by atoms with Gasteiger partial charge in [-0.1, -0.05) is 41.7 Å². The Morgan fingerprint density at radius 3 is 2.61 bits per heavy atom. The standard InChI is InChI=1S/C23H20F2N2O4S2/c24-17-12-19(25)22-20(13-17)32-23(26-22)27(14-18-8-4-10-31-18)21(28)9-5-11-33(29,30)15-16-6-2-1-3-7-16/h1-4,6-8,10,12-13H,5,9,11,14-15H2. The molecule has 2 heterocycles. The first-order valence-corrected chi connectivity index (χ1v) is 12.8. The van der Waals surface area contributed by atoms with E-state index in [1.807, 2.05) is 6.07 Å². The fourth-order valence-electron chi connectivity index (χ4n) is 3.36. The second-order valence-corrected chi connectivity index (χ2v) is 10.7. The summed E-state index contributed by atoms with van der Waals surface area (Å²) in [6, 6.07) is 14.1. The highest BCUT2D eigenvalue weighted by Crippen LogP contribution is 2.32. The van der Waals surface area contributed by atoms with Gasteiger partial charge in [0, 0.05) is 12.5 Å². The van der Waals surface area contributed by atoms with Crippen LogP contribution in [0, 0.1) is 11.6 Å². The SMILES string of the molecule is O=C(CCCS(=O)(=O)Cc1ccccc1)N(Cc1ccco1)c1nc2c(F)cc(F)cc2s1. The summed E-state index contributed by atoms with van der Waals surface area (Å²) in [5, 5.41) is 0.183. The number of nitrogens with zero attached hydrogens (tertiary/aromatic N) is 2. The van der Waals surface area contributed by atoms with Gasteiger partial charge in [0.15, 0.2) is 20.8 Å². The maximum absolute atomic E-state index is 14.1. The van der Waals surface area contributed by atoms with Crippen LogP contribution >= 0.6 is 11.3 Å². The predicted molar refractivity (Wildman–Crippen MR) is 123 cm³/mol. The van der Waals surface area contributed by atoms with Gasteiger partial charge < -0.3 is 4.42 Å². The first kappa shape index (κ1) is 23.1. The summed E-state index contributed by atoms with van der Waals surface area (Å²) < 4.78 is 58.2. The molecule has 2 aromatic carbocycles. The summed E-state index contributed by atoms with van der Waals surface area (Å²) in [5.74, 6) is -1.71. The van der Waals surface area contributed by atoms with Crippen LogP contribution < -0.4 is 4.90 Å². The van der Waals surface area contributed by atoms with E-state index in [2.05, 4.69) is 4.98 Å². The predicted octanol–water partition coefficient (Wildman–Crippen LogP) is 5.10. The maximum Gasteiger partial charge on any atom is 0.229 e. The highest BCUT2D eigenvalue weighted by Gasteiger charge is 2.23. The van der Waals surface area contributed by atoms with Crippen molar-refractivity contribution in [3.8, 4) is 0 Å². The normalized spacial score (nSPS) is 11.7. The number of carbonyl (C=O) groups excluding carboxylic acids is 1. The lowest BCUT2D eigenvalue weighted by Crippen LogP contribution is -2.30. The van der Waals surface area contributed by atoms with Gasteiger partial charge in [-0.15, -0.1) is 0 Å². The number of thiazole rings is 1. The molecule has 4 aromatic rings. The van der Waals surface area contributed by atoms with E-state index in [-0.39, 0.29) is 52.1 Å². The number of aromatic nitrogens is 1. The Balaban J connectivity index is 1.49. The molecule has 2 aromatic heterocycles. The molecule has 33 heavy (non-hydrogen) atoms. The fourth-order valence-corrected chi connectivity index (χ4v) is 5.81. The van der Waals surface area contributed by atoms with Gasteiger partial charge in [0.25, 0.3) is 0 Å². The molecule has 6 nitrogen and oxygen atoms in total. The quantitative estimate of drug-likeness (QED) is 0.326. The molecule has 1 amide bonds. The van der Waals surface area contributed by atoms with E-state index in [1.165, 1.54) is 11.2 Å². The molecule has 0 aliphatic carbocycles. The number of carbonyl (C=O) groups is 1. The highest BCUT2D eigenvalue weighted by molar-refractivity contribution is 7.90. The number of hydrogen-bond acceptors (Lipinski definition) is 6. The third kappa shape index (κ3) is 5.82. The molecule has 10 heteroatoms. The van der Waals surface area contributed by atoms with Crippen molar-refractivity contribution in [2.24, 2.45) is 0 Å². The van der Waals surface area contributed by atoms with Crippen molar-refractivity contribution in [2.75, 3.05) is 10.7 Å². The van der Waals surface area contributed by atoms with E-state index in [0.717, 1.165) is 23.5 Å². The zero-order valence-electron chi connectivity index (χ0n) is 17.4. The Bertz CT molecular complexity index is 1350. The Hall–Kier alpha value is -3.11. The van der Waals surface area contributed by atoms with Crippen molar-refractivity contribution in [3.05, 3.63) is 83.8 Å². The molecule has 0 saturated heterocycles. The van der Waals surface area contributed by atoms with Crippen LogP contribution in [0.3, 0.4) is 0 Å². The molecular weight excluding hydrogens is 470 g/mol. The van der Waals surface area contributed by atoms with Crippen molar-refractivity contribution >= 4 is 42.4 Å². The van der Waals surface area contributed by atoms with Gasteiger partial charge in [-0.2, -0.15) is 0 Å². The van der Waals surface area contributed by atoms with E-state index in [9.17, 15) is 22.0 Å². The van der Waals surface area contributed by atoms with Crippen molar-refractivity contribution in [1.29, 1.82) is 0 Å². The molecular formula is C23H20F2N2O4S2. The maximum atomic E-state index is 14.1. The van der Waals surface area contributed by atoms with Gasteiger partial charge in [0.2, 0.25) is 5.91 Å².